The van der Waals surface area contributed by atoms with Gasteiger partial charge in [0.15, 0.2) is 5.13 Å². The number of nitrogens with one attached hydrogen (secondary N) is 1. The lowest BCUT2D eigenvalue weighted by atomic mass is 10.2. The number of hydrogen-bond donors (Lipinski definition) is 2. The Labute approximate surface area is 177 Å². The lowest BCUT2D eigenvalue weighted by Gasteiger charge is -2.36. The van der Waals surface area contributed by atoms with Gasteiger partial charge in [0, 0.05) is 37.8 Å². The molecule has 1 aliphatic rings. The van der Waals surface area contributed by atoms with Crippen molar-refractivity contribution in [3.8, 4) is 5.75 Å². The zero-order valence-electron chi connectivity index (χ0n) is 15.6. The maximum atomic E-state index is 12.7. The highest BCUT2D eigenvalue weighted by atomic mass is 35.5. The highest BCUT2D eigenvalue weighted by molar-refractivity contribution is 7.13. The lowest BCUT2D eigenvalue weighted by molar-refractivity contribution is -0.130. The molecule has 4 rings (SSSR count). The van der Waals surface area contributed by atoms with Crippen LogP contribution in [0, 0.1) is 0 Å². The number of aromatic nitrogens is 2. The molecule has 1 amide bonds. The molecule has 0 aliphatic carbocycles. The number of anilines is 3. The van der Waals surface area contributed by atoms with Crippen molar-refractivity contribution >= 4 is 45.5 Å². The Kier molecular flexibility index (Phi) is 5.82. The Bertz CT molecular complexity index is 987. The molecule has 2 aromatic heterocycles. The first kappa shape index (κ1) is 19.5. The molecule has 1 aromatic carbocycles. The smallest absolute Gasteiger partial charge is 0.228 e. The molecule has 0 unspecified atom stereocenters. The number of para-hydroxylation sites is 2. The van der Waals surface area contributed by atoms with Crippen LogP contribution in [0.25, 0.3) is 0 Å². The Hall–Kier alpha value is -2.84. The van der Waals surface area contributed by atoms with Gasteiger partial charge in [-0.3, -0.25) is 4.79 Å². The molecule has 1 fully saturated rings. The van der Waals surface area contributed by atoms with Crippen LogP contribution < -0.4 is 10.2 Å². The third-order valence-electron chi connectivity index (χ3n) is 4.70. The third-order valence-corrected chi connectivity index (χ3v) is 5.73. The molecule has 1 saturated heterocycles. The number of carbonyl (C=O) groups excluding carboxylic acids is 1. The number of halogens is 1. The van der Waals surface area contributed by atoms with Gasteiger partial charge >= 0.3 is 0 Å². The van der Waals surface area contributed by atoms with E-state index in [0.717, 1.165) is 11.4 Å². The van der Waals surface area contributed by atoms with Crippen LogP contribution in [0.3, 0.4) is 0 Å². The highest BCUT2D eigenvalue weighted by Gasteiger charge is 2.23. The summed E-state index contributed by atoms with van der Waals surface area (Å²) in [5, 5.41) is 16.3. The van der Waals surface area contributed by atoms with Gasteiger partial charge in [-0.25, -0.2) is 9.97 Å². The van der Waals surface area contributed by atoms with Gasteiger partial charge in [0.25, 0.3) is 0 Å². The number of rotatable bonds is 5. The number of carbonyl (C=O) groups is 1. The van der Waals surface area contributed by atoms with Crippen molar-refractivity contribution in [2.75, 3.05) is 36.4 Å². The number of phenols is 1. The summed E-state index contributed by atoms with van der Waals surface area (Å²) in [7, 11) is 0. The summed E-state index contributed by atoms with van der Waals surface area (Å²) in [5.41, 5.74) is 1.55. The van der Waals surface area contributed by atoms with E-state index < -0.39 is 0 Å². The van der Waals surface area contributed by atoms with E-state index in [4.69, 9.17) is 11.6 Å². The van der Waals surface area contributed by atoms with Crippen molar-refractivity contribution < 1.29 is 9.90 Å². The van der Waals surface area contributed by atoms with Gasteiger partial charge < -0.3 is 20.2 Å². The number of hydrogen-bond acceptors (Lipinski definition) is 7. The van der Waals surface area contributed by atoms with Crippen molar-refractivity contribution in [3.63, 3.8) is 0 Å². The van der Waals surface area contributed by atoms with Crippen molar-refractivity contribution in [3.05, 3.63) is 58.7 Å². The van der Waals surface area contributed by atoms with Crippen molar-refractivity contribution in [2.45, 2.75) is 6.42 Å². The van der Waals surface area contributed by atoms with Gasteiger partial charge in [0.05, 0.1) is 22.8 Å². The molecular formula is C20H20ClN5O2S. The second-order valence-corrected chi connectivity index (χ2v) is 7.96. The molecule has 0 radical (unpaired) electrons. The fraction of sp³-hybridized carbons (Fsp3) is 0.250. The number of phenolic OH excluding ortho intramolecular Hbond substituents is 1. The van der Waals surface area contributed by atoms with Crippen LogP contribution >= 0.6 is 22.9 Å². The standard InChI is InChI=1S/C20H20ClN5O2S/c21-14-5-6-18(22-12-14)24-20-23-15(13-29-20)11-19(28)26-9-7-25(8-10-26)16-3-1-2-4-17(16)27/h1-6,12-13,27H,7-11H2,(H,22,23,24). The third kappa shape index (κ3) is 4.78. The zero-order valence-corrected chi connectivity index (χ0v) is 17.2. The van der Waals surface area contributed by atoms with Gasteiger partial charge in [0.2, 0.25) is 5.91 Å². The number of aromatic hydroxyl groups is 1. The maximum Gasteiger partial charge on any atom is 0.228 e. The molecule has 0 saturated carbocycles. The van der Waals surface area contributed by atoms with Crippen LogP contribution in [-0.4, -0.2) is 52.1 Å². The first-order valence-electron chi connectivity index (χ1n) is 9.22. The van der Waals surface area contributed by atoms with Crippen LogP contribution in [0.15, 0.2) is 48.0 Å². The number of piperazine rings is 1. The van der Waals surface area contributed by atoms with E-state index in [2.05, 4.69) is 20.2 Å². The number of nitrogens with zero attached hydrogens (tertiary/aromatic N) is 4. The Morgan fingerprint density at radius 1 is 1.17 bits per heavy atom. The van der Waals surface area contributed by atoms with E-state index in [9.17, 15) is 9.90 Å². The van der Waals surface area contributed by atoms with Crippen LogP contribution in [0.2, 0.25) is 5.02 Å². The molecule has 7 nitrogen and oxygen atoms in total. The normalized spacial score (nSPS) is 14.1. The van der Waals surface area contributed by atoms with Crippen molar-refractivity contribution in [1.29, 1.82) is 0 Å². The summed E-state index contributed by atoms with van der Waals surface area (Å²) in [4.78, 5) is 25.3. The van der Waals surface area contributed by atoms with Crippen LogP contribution in [-0.2, 0) is 11.2 Å². The van der Waals surface area contributed by atoms with E-state index in [1.807, 2.05) is 22.4 Å². The number of benzene rings is 1. The number of pyridine rings is 1. The summed E-state index contributed by atoms with van der Waals surface area (Å²) in [5.74, 6) is 0.982. The lowest BCUT2D eigenvalue weighted by Crippen LogP contribution is -2.49. The molecule has 150 valence electrons. The molecular weight excluding hydrogens is 410 g/mol. The minimum absolute atomic E-state index is 0.0587. The summed E-state index contributed by atoms with van der Waals surface area (Å²) in [6, 6.07) is 10.8. The van der Waals surface area contributed by atoms with Crippen molar-refractivity contribution in [2.24, 2.45) is 0 Å². The SMILES string of the molecule is O=C(Cc1csc(Nc2ccc(Cl)cn2)n1)N1CCN(c2ccccc2O)CC1. The summed E-state index contributed by atoms with van der Waals surface area (Å²) < 4.78 is 0. The van der Waals surface area contributed by atoms with E-state index >= 15 is 0 Å². The predicted octanol–water partition coefficient (Wildman–Crippen LogP) is 3.53. The Balaban J connectivity index is 1.31. The second kappa shape index (κ2) is 8.67. The predicted molar refractivity (Wildman–Crippen MR) is 115 cm³/mol. The first-order chi connectivity index (χ1) is 14.1. The molecule has 3 heterocycles. The van der Waals surface area contributed by atoms with Gasteiger partial charge in [-0.1, -0.05) is 23.7 Å². The van der Waals surface area contributed by atoms with E-state index in [1.165, 1.54) is 11.3 Å². The summed E-state index contributed by atoms with van der Waals surface area (Å²) in [6.07, 6.45) is 1.83. The van der Waals surface area contributed by atoms with Crippen LogP contribution in [0.1, 0.15) is 5.69 Å². The van der Waals surface area contributed by atoms with E-state index in [-0.39, 0.29) is 18.1 Å². The maximum absolute atomic E-state index is 12.7. The topological polar surface area (TPSA) is 81.6 Å². The molecule has 2 N–H and O–H groups in total. The average molecular weight is 430 g/mol. The Morgan fingerprint density at radius 3 is 2.69 bits per heavy atom. The monoisotopic (exact) mass is 429 g/mol. The zero-order chi connectivity index (χ0) is 20.2. The number of thiazole rings is 1. The minimum Gasteiger partial charge on any atom is -0.506 e. The van der Waals surface area contributed by atoms with Gasteiger partial charge in [-0.2, -0.15) is 0 Å². The van der Waals surface area contributed by atoms with Gasteiger partial charge in [-0.05, 0) is 24.3 Å². The van der Waals surface area contributed by atoms with E-state index in [1.54, 1.807) is 30.5 Å². The second-order valence-electron chi connectivity index (χ2n) is 6.66. The van der Waals surface area contributed by atoms with Crippen LogP contribution in [0.4, 0.5) is 16.6 Å². The first-order valence-corrected chi connectivity index (χ1v) is 10.5. The molecule has 9 heteroatoms. The molecule has 1 aliphatic heterocycles. The largest absolute Gasteiger partial charge is 0.506 e. The minimum atomic E-state index is 0.0587. The van der Waals surface area contributed by atoms with Gasteiger partial charge in [-0.15, -0.1) is 11.3 Å². The molecule has 0 bridgehead atoms. The molecule has 29 heavy (non-hydrogen) atoms. The van der Waals surface area contributed by atoms with Crippen molar-refractivity contribution in [1.82, 2.24) is 14.9 Å². The van der Waals surface area contributed by atoms with Crippen LogP contribution in [0.5, 0.6) is 5.75 Å². The molecule has 3 aromatic rings. The average Bonchev–Trinajstić information content (AvgIpc) is 3.17. The quantitative estimate of drug-likeness (QED) is 0.645. The van der Waals surface area contributed by atoms with Gasteiger partial charge in [0.1, 0.15) is 11.6 Å². The Morgan fingerprint density at radius 2 is 1.97 bits per heavy atom. The highest BCUT2D eigenvalue weighted by Crippen LogP contribution is 2.27. The summed E-state index contributed by atoms with van der Waals surface area (Å²) in [6.45, 7) is 2.62. The fourth-order valence-corrected chi connectivity index (χ4v) is 4.03. The number of amides is 1. The summed E-state index contributed by atoms with van der Waals surface area (Å²) >= 11 is 7.28. The molecule has 0 spiro atoms. The van der Waals surface area contributed by atoms with E-state index in [0.29, 0.717) is 42.2 Å². The fourth-order valence-electron chi connectivity index (χ4n) is 3.20. The molecule has 0 atom stereocenters.